The van der Waals surface area contributed by atoms with Crippen LogP contribution >= 0.6 is 0 Å². The van der Waals surface area contributed by atoms with Crippen LogP contribution in [0.4, 0.5) is 11.6 Å². The molecule has 3 aromatic rings. The minimum atomic E-state index is 0.245. The maximum atomic E-state index is 5.72. The van der Waals surface area contributed by atoms with Gasteiger partial charge in [-0.15, -0.1) is 0 Å². The Kier molecular flexibility index (Phi) is 6.22. The molecule has 1 aromatic heterocycles. The van der Waals surface area contributed by atoms with Crippen LogP contribution in [0.25, 0.3) is 11.4 Å². The average Bonchev–Trinajstić information content (AvgIpc) is 3.31. The molecule has 1 fully saturated rings. The van der Waals surface area contributed by atoms with Crippen molar-refractivity contribution in [3.05, 3.63) is 66.2 Å². The summed E-state index contributed by atoms with van der Waals surface area (Å²) >= 11 is 0. The molecule has 0 spiro atoms. The summed E-state index contributed by atoms with van der Waals surface area (Å²) in [5, 5.41) is 6.83. The summed E-state index contributed by atoms with van der Waals surface area (Å²) in [5.41, 5.74) is 2.05. The number of nitrogens with one attached hydrogen (secondary N) is 2. The summed E-state index contributed by atoms with van der Waals surface area (Å²) in [6.45, 7) is 2.20. The molecule has 0 radical (unpaired) electrons. The lowest BCUT2D eigenvalue weighted by Gasteiger charge is -2.15. The molecule has 0 saturated carbocycles. The van der Waals surface area contributed by atoms with E-state index in [4.69, 9.17) is 19.4 Å². The van der Waals surface area contributed by atoms with Crippen LogP contribution in [0, 0.1) is 0 Å². The first-order valence-electron chi connectivity index (χ1n) is 9.97. The fourth-order valence-corrected chi connectivity index (χ4v) is 3.40. The zero-order valence-electron chi connectivity index (χ0n) is 16.6. The second kappa shape index (κ2) is 9.39. The van der Waals surface area contributed by atoms with Crippen molar-refractivity contribution in [3.8, 4) is 17.1 Å². The molecule has 2 aromatic carbocycles. The highest BCUT2D eigenvalue weighted by atomic mass is 16.5. The summed E-state index contributed by atoms with van der Waals surface area (Å²) in [6, 6.07) is 19.9. The molecule has 0 amide bonds. The maximum absolute atomic E-state index is 5.72. The Morgan fingerprint density at radius 1 is 1.00 bits per heavy atom. The number of ether oxygens (including phenoxy) is 2. The van der Waals surface area contributed by atoms with Crippen LogP contribution in [0.1, 0.15) is 18.4 Å². The van der Waals surface area contributed by atoms with Gasteiger partial charge in [-0.25, -0.2) is 9.97 Å². The molecule has 1 atom stereocenters. The molecule has 150 valence electrons. The van der Waals surface area contributed by atoms with Gasteiger partial charge in [-0.05, 0) is 18.9 Å². The van der Waals surface area contributed by atoms with Gasteiger partial charge in [0, 0.05) is 36.9 Å². The van der Waals surface area contributed by atoms with Crippen LogP contribution in [0.3, 0.4) is 0 Å². The first-order chi connectivity index (χ1) is 14.3. The Morgan fingerprint density at radius 2 is 1.76 bits per heavy atom. The van der Waals surface area contributed by atoms with E-state index in [1.165, 1.54) is 0 Å². The molecule has 6 heteroatoms. The average molecular weight is 390 g/mol. The predicted octanol–water partition coefficient (Wildman–Crippen LogP) is 4.36. The Morgan fingerprint density at radius 3 is 2.52 bits per heavy atom. The van der Waals surface area contributed by atoms with E-state index in [1.54, 1.807) is 7.11 Å². The quantitative estimate of drug-likeness (QED) is 0.596. The van der Waals surface area contributed by atoms with E-state index < -0.39 is 0 Å². The molecular weight excluding hydrogens is 364 g/mol. The number of rotatable bonds is 8. The zero-order valence-corrected chi connectivity index (χ0v) is 16.6. The van der Waals surface area contributed by atoms with Crippen LogP contribution in [-0.2, 0) is 11.3 Å². The first-order valence-corrected chi connectivity index (χ1v) is 9.97. The van der Waals surface area contributed by atoms with Gasteiger partial charge < -0.3 is 20.1 Å². The van der Waals surface area contributed by atoms with Crippen LogP contribution in [0.5, 0.6) is 5.75 Å². The molecule has 4 rings (SSSR count). The largest absolute Gasteiger partial charge is 0.496 e. The molecule has 2 N–H and O–H groups in total. The van der Waals surface area contributed by atoms with Gasteiger partial charge in [0.15, 0.2) is 5.82 Å². The lowest BCUT2D eigenvalue weighted by molar-refractivity contribution is 0.120. The summed E-state index contributed by atoms with van der Waals surface area (Å²) in [5.74, 6) is 3.09. The second-order valence-corrected chi connectivity index (χ2v) is 7.01. The topological polar surface area (TPSA) is 68.3 Å². The highest BCUT2D eigenvalue weighted by Crippen LogP contribution is 2.23. The Hall–Kier alpha value is -3.12. The number of anilines is 2. The third kappa shape index (κ3) is 5.03. The van der Waals surface area contributed by atoms with Crippen molar-refractivity contribution in [1.29, 1.82) is 0 Å². The summed E-state index contributed by atoms with van der Waals surface area (Å²) in [6.07, 6.45) is 2.45. The standard InChI is InChI=1S/C23H26N4O2/c1-28-20-12-6-5-10-18(20)15-24-21-14-22(25-16-19-11-7-13-29-19)27-23(26-21)17-8-3-2-4-9-17/h2-6,8-10,12,14,19H,7,11,13,15-16H2,1H3,(H2,24,25,26,27). The number of nitrogens with zero attached hydrogens (tertiary/aromatic N) is 2. The number of hydrogen-bond donors (Lipinski definition) is 2. The van der Waals surface area contributed by atoms with Crippen LogP contribution < -0.4 is 15.4 Å². The van der Waals surface area contributed by atoms with Crippen LogP contribution in [0.15, 0.2) is 60.7 Å². The van der Waals surface area contributed by atoms with Gasteiger partial charge in [0.05, 0.1) is 13.2 Å². The fourth-order valence-electron chi connectivity index (χ4n) is 3.40. The molecule has 2 heterocycles. The third-order valence-corrected chi connectivity index (χ3v) is 4.95. The Balaban J connectivity index is 1.55. The minimum absolute atomic E-state index is 0.245. The number of aromatic nitrogens is 2. The number of methoxy groups -OCH3 is 1. The van der Waals surface area contributed by atoms with Crippen molar-refractivity contribution >= 4 is 11.6 Å². The summed E-state index contributed by atoms with van der Waals surface area (Å²) in [4.78, 5) is 9.43. The third-order valence-electron chi connectivity index (χ3n) is 4.95. The molecule has 0 aliphatic carbocycles. The Labute approximate surface area is 171 Å². The Bertz CT molecular complexity index is 927. The highest BCUT2D eigenvalue weighted by Gasteiger charge is 2.16. The minimum Gasteiger partial charge on any atom is -0.496 e. The SMILES string of the molecule is COc1ccccc1CNc1cc(NCC2CCCO2)nc(-c2ccccc2)n1. The van der Waals surface area contributed by atoms with E-state index in [0.717, 1.165) is 54.5 Å². The number of benzene rings is 2. The fraction of sp³-hybridized carbons (Fsp3) is 0.304. The molecule has 0 bridgehead atoms. The van der Waals surface area contributed by atoms with Gasteiger partial charge in [-0.2, -0.15) is 0 Å². The second-order valence-electron chi connectivity index (χ2n) is 7.01. The van der Waals surface area contributed by atoms with Gasteiger partial charge in [-0.3, -0.25) is 0 Å². The molecule has 1 aliphatic heterocycles. The van der Waals surface area contributed by atoms with Crippen LogP contribution in [-0.4, -0.2) is 36.3 Å². The molecular formula is C23H26N4O2. The van der Waals surface area contributed by atoms with E-state index in [0.29, 0.717) is 12.4 Å². The van der Waals surface area contributed by atoms with E-state index >= 15 is 0 Å². The summed E-state index contributed by atoms with van der Waals surface area (Å²) < 4.78 is 11.2. The van der Waals surface area contributed by atoms with Crippen LogP contribution in [0.2, 0.25) is 0 Å². The molecule has 1 aliphatic rings. The molecule has 6 nitrogen and oxygen atoms in total. The number of hydrogen-bond acceptors (Lipinski definition) is 6. The summed E-state index contributed by atoms with van der Waals surface area (Å²) in [7, 11) is 1.68. The number of para-hydroxylation sites is 1. The van der Waals surface area contributed by atoms with Crippen molar-refractivity contribution in [2.75, 3.05) is 30.9 Å². The monoisotopic (exact) mass is 390 g/mol. The highest BCUT2D eigenvalue weighted by molar-refractivity contribution is 5.61. The van der Waals surface area contributed by atoms with E-state index in [9.17, 15) is 0 Å². The van der Waals surface area contributed by atoms with Gasteiger partial charge in [0.2, 0.25) is 0 Å². The van der Waals surface area contributed by atoms with Gasteiger partial charge in [0.25, 0.3) is 0 Å². The van der Waals surface area contributed by atoms with Crippen molar-refractivity contribution in [2.45, 2.75) is 25.5 Å². The molecule has 29 heavy (non-hydrogen) atoms. The van der Waals surface area contributed by atoms with Gasteiger partial charge in [0.1, 0.15) is 17.4 Å². The van der Waals surface area contributed by atoms with E-state index in [2.05, 4.69) is 10.6 Å². The van der Waals surface area contributed by atoms with Gasteiger partial charge in [-0.1, -0.05) is 48.5 Å². The van der Waals surface area contributed by atoms with E-state index in [-0.39, 0.29) is 6.10 Å². The molecule has 1 saturated heterocycles. The van der Waals surface area contributed by atoms with Crippen molar-refractivity contribution in [3.63, 3.8) is 0 Å². The first kappa shape index (κ1) is 19.2. The predicted molar refractivity (Wildman–Crippen MR) is 115 cm³/mol. The lowest BCUT2D eigenvalue weighted by atomic mass is 10.2. The lowest BCUT2D eigenvalue weighted by Crippen LogP contribution is -2.19. The molecule has 1 unspecified atom stereocenters. The van der Waals surface area contributed by atoms with Crippen molar-refractivity contribution in [1.82, 2.24) is 9.97 Å². The van der Waals surface area contributed by atoms with Crippen molar-refractivity contribution in [2.24, 2.45) is 0 Å². The zero-order chi connectivity index (χ0) is 19.9. The normalized spacial score (nSPS) is 15.8. The van der Waals surface area contributed by atoms with Crippen molar-refractivity contribution < 1.29 is 9.47 Å². The van der Waals surface area contributed by atoms with E-state index in [1.807, 2.05) is 60.7 Å². The van der Waals surface area contributed by atoms with Gasteiger partial charge >= 0.3 is 0 Å². The maximum Gasteiger partial charge on any atom is 0.163 e. The smallest absolute Gasteiger partial charge is 0.163 e.